The maximum atomic E-state index is 5.52. The Morgan fingerprint density at radius 2 is 1.64 bits per heavy atom. The summed E-state index contributed by atoms with van der Waals surface area (Å²) in [6.45, 7) is 1.34. The summed E-state index contributed by atoms with van der Waals surface area (Å²) in [4.78, 5) is 4.86. The molecule has 0 radical (unpaired) electrons. The van der Waals surface area contributed by atoms with Gasteiger partial charge in [0.15, 0.2) is 6.29 Å². The zero-order chi connectivity index (χ0) is 14.8. The highest BCUT2D eigenvalue weighted by Gasteiger charge is 2.18. The first-order chi connectivity index (χ1) is 10.9. The fraction of sp³-hybridized carbons (Fsp3) is 0.316. The van der Waals surface area contributed by atoms with Crippen LogP contribution in [0, 0.1) is 0 Å². The molecule has 112 valence electrons. The Morgan fingerprint density at radius 1 is 0.864 bits per heavy atom. The highest BCUT2D eigenvalue weighted by atomic mass is 16.7. The Labute approximate surface area is 130 Å². The average molecular weight is 293 g/mol. The predicted octanol–water partition coefficient (Wildman–Crippen LogP) is 4.19. The number of ether oxygens (including phenoxy) is 2. The van der Waals surface area contributed by atoms with Gasteiger partial charge in [0.25, 0.3) is 0 Å². The SMILES string of the molecule is c1ccc2c(c1)CCCC2=Nc1ccc(C2OCCO2)cc1. The van der Waals surface area contributed by atoms with E-state index in [2.05, 4.69) is 24.3 Å². The summed E-state index contributed by atoms with van der Waals surface area (Å²) in [5, 5.41) is 0. The van der Waals surface area contributed by atoms with Gasteiger partial charge in [0, 0.05) is 11.3 Å². The quantitative estimate of drug-likeness (QED) is 0.831. The minimum atomic E-state index is -0.211. The van der Waals surface area contributed by atoms with Crippen molar-refractivity contribution < 1.29 is 9.47 Å². The van der Waals surface area contributed by atoms with Crippen LogP contribution in [-0.2, 0) is 15.9 Å². The highest BCUT2D eigenvalue weighted by molar-refractivity contribution is 6.04. The van der Waals surface area contributed by atoms with Gasteiger partial charge in [-0.05, 0) is 42.5 Å². The fourth-order valence-corrected chi connectivity index (χ4v) is 3.13. The Bertz CT molecular complexity index is 685. The Balaban J connectivity index is 1.60. The van der Waals surface area contributed by atoms with Gasteiger partial charge in [0.2, 0.25) is 0 Å². The molecule has 2 aliphatic rings. The van der Waals surface area contributed by atoms with Crippen LogP contribution in [0.4, 0.5) is 5.69 Å². The number of fused-ring (bicyclic) bond motifs is 1. The third-order valence-corrected chi connectivity index (χ3v) is 4.24. The Kier molecular flexibility index (Phi) is 3.75. The summed E-state index contributed by atoms with van der Waals surface area (Å²) in [5.41, 5.74) is 5.97. The van der Waals surface area contributed by atoms with E-state index < -0.39 is 0 Å². The van der Waals surface area contributed by atoms with Gasteiger partial charge in [-0.25, -0.2) is 0 Å². The van der Waals surface area contributed by atoms with Gasteiger partial charge in [-0.2, -0.15) is 0 Å². The molecule has 2 aromatic rings. The molecule has 0 amide bonds. The van der Waals surface area contributed by atoms with E-state index in [1.165, 1.54) is 23.3 Å². The lowest BCUT2D eigenvalue weighted by molar-refractivity contribution is -0.0441. The van der Waals surface area contributed by atoms with Crippen LogP contribution in [0.1, 0.15) is 35.8 Å². The third kappa shape index (κ3) is 2.70. The normalized spacial score (nSPS) is 20.3. The third-order valence-electron chi connectivity index (χ3n) is 4.24. The van der Waals surface area contributed by atoms with E-state index >= 15 is 0 Å². The van der Waals surface area contributed by atoms with E-state index in [-0.39, 0.29) is 6.29 Å². The van der Waals surface area contributed by atoms with Gasteiger partial charge in [-0.15, -0.1) is 0 Å². The summed E-state index contributed by atoms with van der Waals surface area (Å²) in [7, 11) is 0. The fourth-order valence-electron chi connectivity index (χ4n) is 3.13. The second kappa shape index (κ2) is 6.03. The van der Waals surface area contributed by atoms with Crippen LogP contribution in [-0.4, -0.2) is 18.9 Å². The Morgan fingerprint density at radius 3 is 2.45 bits per heavy atom. The minimum Gasteiger partial charge on any atom is -0.346 e. The van der Waals surface area contributed by atoms with E-state index in [0.29, 0.717) is 13.2 Å². The summed E-state index contributed by atoms with van der Waals surface area (Å²) in [6, 6.07) is 16.8. The molecule has 1 saturated heterocycles. The van der Waals surface area contributed by atoms with Crippen LogP contribution in [0.15, 0.2) is 53.5 Å². The van der Waals surface area contributed by atoms with Crippen molar-refractivity contribution in [2.24, 2.45) is 4.99 Å². The van der Waals surface area contributed by atoms with Crippen LogP contribution in [0.2, 0.25) is 0 Å². The molecule has 4 rings (SSSR count). The standard InChI is InChI=1S/C19H19NO2/c1-2-6-17-14(4-1)5-3-7-18(17)20-16-10-8-15(9-11-16)19-21-12-13-22-19/h1-2,4,6,8-11,19H,3,5,7,12-13H2. The molecule has 1 fully saturated rings. The van der Waals surface area contributed by atoms with Crippen molar-refractivity contribution >= 4 is 11.4 Å². The molecule has 0 atom stereocenters. The molecule has 0 aromatic heterocycles. The van der Waals surface area contributed by atoms with Gasteiger partial charge in [0.05, 0.1) is 18.9 Å². The lowest BCUT2D eigenvalue weighted by Crippen LogP contribution is -2.11. The first-order valence-electron chi connectivity index (χ1n) is 7.89. The van der Waals surface area contributed by atoms with Crippen LogP contribution in [0.5, 0.6) is 0 Å². The molecule has 2 aromatic carbocycles. The van der Waals surface area contributed by atoms with Gasteiger partial charge in [-0.1, -0.05) is 36.4 Å². The summed E-state index contributed by atoms with van der Waals surface area (Å²) in [6.07, 6.45) is 3.17. The average Bonchev–Trinajstić information content (AvgIpc) is 3.10. The van der Waals surface area contributed by atoms with Crippen molar-refractivity contribution in [3.05, 3.63) is 65.2 Å². The number of hydrogen-bond donors (Lipinski definition) is 0. The van der Waals surface area contributed by atoms with Crippen molar-refractivity contribution in [3.8, 4) is 0 Å². The highest BCUT2D eigenvalue weighted by Crippen LogP contribution is 2.27. The maximum Gasteiger partial charge on any atom is 0.184 e. The molecule has 0 spiro atoms. The lowest BCUT2D eigenvalue weighted by atomic mass is 9.90. The molecule has 0 N–H and O–H groups in total. The number of aryl methyl sites for hydroxylation is 1. The molecular formula is C19H19NO2. The van der Waals surface area contributed by atoms with Crippen LogP contribution in [0.25, 0.3) is 0 Å². The second-order valence-corrected chi connectivity index (χ2v) is 5.73. The molecule has 0 saturated carbocycles. The largest absolute Gasteiger partial charge is 0.346 e. The summed E-state index contributed by atoms with van der Waals surface area (Å²) < 4.78 is 11.0. The molecule has 1 aliphatic heterocycles. The van der Waals surface area contributed by atoms with Crippen LogP contribution >= 0.6 is 0 Å². The molecule has 0 bridgehead atoms. The molecule has 22 heavy (non-hydrogen) atoms. The van der Waals surface area contributed by atoms with E-state index in [1.807, 2.05) is 24.3 Å². The molecule has 0 unspecified atom stereocenters. The van der Waals surface area contributed by atoms with Crippen molar-refractivity contribution in [1.29, 1.82) is 0 Å². The van der Waals surface area contributed by atoms with E-state index in [9.17, 15) is 0 Å². The van der Waals surface area contributed by atoms with Gasteiger partial charge >= 0.3 is 0 Å². The van der Waals surface area contributed by atoms with Crippen molar-refractivity contribution in [2.75, 3.05) is 13.2 Å². The van der Waals surface area contributed by atoms with Crippen molar-refractivity contribution in [2.45, 2.75) is 25.6 Å². The molecule has 3 nitrogen and oxygen atoms in total. The van der Waals surface area contributed by atoms with Gasteiger partial charge in [-0.3, -0.25) is 4.99 Å². The predicted molar refractivity (Wildman–Crippen MR) is 86.7 cm³/mol. The summed E-state index contributed by atoms with van der Waals surface area (Å²) >= 11 is 0. The van der Waals surface area contributed by atoms with E-state index in [0.717, 1.165) is 24.1 Å². The maximum absolute atomic E-state index is 5.52. The second-order valence-electron chi connectivity index (χ2n) is 5.73. The van der Waals surface area contributed by atoms with E-state index in [1.54, 1.807) is 0 Å². The van der Waals surface area contributed by atoms with E-state index in [4.69, 9.17) is 14.5 Å². The molecule has 3 heteroatoms. The monoisotopic (exact) mass is 293 g/mol. The van der Waals surface area contributed by atoms with Crippen LogP contribution < -0.4 is 0 Å². The first kappa shape index (κ1) is 13.7. The van der Waals surface area contributed by atoms with Crippen molar-refractivity contribution in [3.63, 3.8) is 0 Å². The van der Waals surface area contributed by atoms with Crippen LogP contribution in [0.3, 0.4) is 0 Å². The number of aliphatic imine (C=N–C) groups is 1. The lowest BCUT2D eigenvalue weighted by Gasteiger charge is -2.17. The van der Waals surface area contributed by atoms with Gasteiger partial charge < -0.3 is 9.47 Å². The molecule has 1 aliphatic carbocycles. The topological polar surface area (TPSA) is 30.8 Å². The number of benzene rings is 2. The number of rotatable bonds is 2. The zero-order valence-electron chi connectivity index (χ0n) is 12.5. The smallest absolute Gasteiger partial charge is 0.184 e. The van der Waals surface area contributed by atoms with Crippen molar-refractivity contribution in [1.82, 2.24) is 0 Å². The zero-order valence-corrected chi connectivity index (χ0v) is 12.5. The minimum absolute atomic E-state index is 0.211. The number of hydrogen-bond acceptors (Lipinski definition) is 3. The molecular weight excluding hydrogens is 274 g/mol. The number of nitrogens with zero attached hydrogens (tertiary/aromatic N) is 1. The Hall–Kier alpha value is -1.97. The summed E-state index contributed by atoms with van der Waals surface area (Å²) in [5.74, 6) is 0. The van der Waals surface area contributed by atoms with Gasteiger partial charge in [0.1, 0.15) is 0 Å². The molecule has 1 heterocycles. The first-order valence-corrected chi connectivity index (χ1v) is 7.89.